The van der Waals surface area contributed by atoms with Crippen LogP contribution in [0.1, 0.15) is 17.3 Å². The Balaban J connectivity index is 1.70. The van der Waals surface area contributed by atoms with Gasteiger partial charge in [-0.2, -0.15) is 0 Å². The Morgan fingerprint density at radius 1 is 0.733 bits per heavy atom. The van der Waals surface area contributed by atoms with Gasteiger partial charge >= 0.3 is 11.9 Å². The first-order valence-corrected chi connectivity index (χ1v) is 9.56. The van der Waals surface area contributed by atoms with Crippen molar-refractivity contribution in [1.29, 1.82) is 0 Å². The minimum absolute atomic E-state index is 0.00862. The molecule has 5 nitrogen and oxygen atoms in total. The minimum Gasteiger partial charge on any atom is -0.459 e. The number of benzene rings is 3. The molecule has 0 amide bonds. The average Bonchev–Trinajstić information content (AvgIpc) is 2.78. The Hall–Kier alpha value is -3.86. The van der Waals surface area contributed by atoms with E-state index in [4.69, 9.17) is 9.47 Å². The highest BCUT2D eigenvalue weighted by Crippen LogP contribution is 2.34. The van der Waals surface area contributed by atoms with E-state index in [9.17, 15) is 9.59 Å². The number of hydrogen-bond donors (Lipinski definition) is 0. The van der Waals surface area contributed by atoms with Crippen LogP contribution in [0.4, 0.5) is 17.1 Å². The summed E-state index contributed by atoms with van der Waals surface area (Å²) < 4.78 is 10.1. The molecule has 3 aromatic carbocycles. The fourth-order valence-corrected chi connectivity index (χ4v) is 2.82. The molecule has 0 saturated carbocycles. The van der Waals surface area contributed by atoms with Crippen LogP contribution < -0.4 is 4.90 Å². The molecule has 0 heterocycles. The zero-order valence-electron chi connectivity index (χ0n) is 16.8. The molecule has 30 heavy (non-hydrogen) atoms. The summed E-state index contributed by atoms with van der Waals surface area (Å²) in [4.78, 5) is 25.7. The normalized spacial score (nSPS) is 10.2. The average molecular weight is 401 g/mol. The fourth-order valence-electron chi connectivity index (χ4n) is 2.82. The molecule has 0 radical (unpaired) electrons. The van der Waals surface area contributed by atoms with Crippen LogP contribution in [-0.2, 0) is 14.3 Å². The van der Waals surface area contributed by atoms with Gasteiger partial charge in [0.25, 0.3) is 0 Å². The predicted octanol–water partition coefficient (Wildman–Crippen LogP) is 5.43. The van der Waals surface area contributed by atoms with E-state index in [2.05, 4.69) is 11.5 Å². The van der Waals surface area contributed by atoms with Crippen molar-refractivity contribution in [2.75, 3.05) is 18.1 Å². The van der Waals surface area contributed by atoms with Crippen molar-refractivity contribution in [2.24, 2.45) is 0 Å². The molecule has 0 saturated heterocycles. The van der Waals surface area contributed by atoms with Crippen molar-refractivity contribution in [3.8, 4) is 0 Å². The largest absolute Gasteiger partial charge is 0.459 e. The van der Waals surface area contributed by atoms with E-state index in [1.54, 1.807) is 19.1 Å². The third-order valence-electron chi connectivity index (χ3n) is 4.29. The van der Waals surface area contributed by atoms with E-state index in [1.807, 2.05) is 72.8 Å². The molecule has 0 N–H and O–H groups in total. The van der Waals surface area contributed by atoms with Crippen molar-refractivity contribution in [3.63, 3.8) is 0 Å². The Bertz CT molecular complexity index is 959. The highest BCUT2D eigenvalue weighted by molar-refractivity contribution is 5.90. The van der Waals surface area contributed by atoms with Crippen LogP contribution in [0.2, 0.25) is 0 Å². The van der Waals surface area contributed by atoms with Crippen LogP contribution in [0, 0.1) is 0 Å². The lowest BCUT2D eigenvalue weighted by Gasteiger charge is -2.25. The predicted molar refractivity (Wildman–Crippen MR) is 117 cm³/mol. The monoisotopic (exact) mass is 401 g/mol. The summed E-state index contributed by atoms with van der Waals surface area (Å²) in [6, 6.07) is 27.2. The van der Waals surface area contributed by atoms with E-state index in [0.29, 0.717) is 11.1 Å². The Labute approximate surface area is 176 Å². The number of para-hydroxylation sites is 2. The molecule has 3 aromatic rings. The van der Waals surface area contributed by atoms with E-state index in [0.717, 1.165) is 17.1 Å². The van der Waals surface area contributed by atoms with Gasteiger partial charge in [0, 0.05) is 22.6 Å². The molecular formula is C25H23NO4. The summed E-state index contributed by atoms with van der Waals surface area (Å²) in [6.07, 6.45) is 0. The quantitative estimate of drug-likeness (QED) is 0.286. The van der Waals surface area contributed by atoms with Crippen LogP contribution in [0.15, 0.2) is 97.1 Å². The first-order chi connectivity index (χ1) is 14.6. The lowest BCUT2D eigenvalue weighted by Crippen LogP contribution is -2.14. The standard InChI is InChI=1S/C25H23NO4/c1-19(2)24(27)29-17-18-30-25(28)20-13-15-23(16-14-20)26(21-9-5-3-6-10-21)22-11-7-4-8-12-22/h3-16H,1,17-18H2,2H3. The third-order valence-corrected chi connectivity index (χ3v) is 4.29. The number of anilines is 3. The lowest BCUT2D eigenvalue weighted by molar-refractivity contribution is -0.140. The molecular weight excluding hydrogens is 378 g/mol. The van der Waals surface area contributed by atoms with Gasteiger partial charge in [0.2, 0.25) is 0 Å². The molecule has 0 aliphatic heterocycles. The summed E-state index contributed by atoms with van der Waals surface area (Å²) >= 11 is 0. The second-order valence-corrected chi connectivity index (χ2v) is 6.61. The molecule has 152 valence electrons. The summed E-state index contributed by atoms with van der Waals surface area (Å²) in [5, 5.41) is 0. The van der Waals surface area contributed by atoms with Crippen molar-refractivity contribution in [2.45, 2.75) is 6.92 Å². The van der Waals surface area contributed by atoms with E-state index >= 15 is 0 Å². The van der Waals surface area contributed by atoms with Crippen LogP contribution in [0.5, 0.6) is 0 Å². The maximum Gasteiger partial charge on any atom is 0.338 e. The lowest BCUT2D eigenvalue weighted by atomic mass is 10.1. The molecule has 0 bridgehead atoms. The number of rotatable bonds is 8. The highest BCUT2D eigenvalue weighted by Gasteiger charge is 2.13. The maximum absolute atomic E-state index is 12.3. The summed E-state index contributed by atoms with van der Waals surface area (Å²) in [6.45, 7) is 5.03. The molecule has 0 fully saturated rings. The van der Waals surface area contributed by atoms with Crippen molar-refractivity contribution in [3.05, 3.63) is 103 Å². The smallest absolute Gasteiger partial charge is 0.338 e. The maximum atomic E-state index is 12.3. The summed E-state index contributed by atoms with van der Waals surface area (Å²) in [5.41, 5.74) is 3.67. The van der Waals surface area contributed by atoms with Crippen molar-refractivity contribution >= 4 is 29.0 Å². The molecule has 5 heteroatoms. The molecule has 0 aromatic heterocycles. The van der Waals surface area contributed by atoms with Gasteiger partial charge in [0.1, 0.15) is 13.2 Å². The fraction of sp³-hybridized carbons (Fsp3) is 0.120. The van der Waals surface area contributed by atoms with E-state index in [1.165, 1.54) is 0 Å². The van der Waals surface area contributed by atoms with E-state index in [-0.39, 0.29) is 13.2 Å². The number of carbonyl (C=O) groups excluding carboxylic acids is 2. The number of ether oxygens (including phenoxy) is 2. The van der Waals surface area contributed by atoms with Gasteiger partial charge in [0.05, 0.1) is 5.56 Å². The first-order valence-electron chi connectivity index (χ1n) is 9.56. The van der Waals surface area contributed by atoms with Crippen LogP contribution >= 0.6 is 0 Å². The van der Waals surface area contributed by atoms with Gasteiger partial charge in [0.15, 0.2) is 0 Å². The summed E-state index contributed by atoms with van der Waals surface area (Å²) in [5.74, 6) is -0.976. The SMILES string of the molecule is C=C(C)C(=O)OCCOC(=O)c1ccc(N(c2ccccc2)c2ccccc2)cc1. The minimum atomic E-state index is -0.502. The number of carbonyl (C=O) groups is 2. The zero-order valence-corrected chi connectivity index (χ0v) is 16.8. The van der Waals surface area contributed by atoms with Crippen LogP contribution in [0.3, 0.4) is 0 Å². The van der Waals surface area contributed by atoms with Crippen LogP contribution in [-0.4, -0.2) is 25.2 Å². The second-order valence-electron chi connectivity index (χ2n) is 6.61. The van der Waals surface area contributed by atoms with Gasteiger partial charge in [-0.25, -0.2) is 9.59 Å². The van der Waals surface area contributed by atoms with Crippen LogP contribution in [0.25, 0.3) is 0 Å². The molecule has 0 aliphatic rings. The molecule has 0 unspecified atom stereocenters. The zero-order chi connectivity index (χ0) is 21.3. The molecule has 3 rings (SSSR count). The number of hydrogen-bond acceptors (Lipinski definition) is 5. The van der Waals surface area contributed by atoms with Crippen molar-refractivity contribution in [1.82, 2.24) is 0 Å². The van der Waals surface area contributed by atoms with Gasteiger partial charge in [-0.3, -0.25) is 0 Å². The van der Waals surface area contributed by atoms with Gasteiger partial charge < -0.3 is 14.4 Å². The highest BCUT2D eigenvalue weighted by atomic mass is 16.6. The molecule has 0 spiro atoms. The van der Waals surface area contributed by atoms with Gasteiger partial charge in [-0.1, -0.05) is 43.0 Å². The van der Waals surface area contributed by atoms with Gasteiger partial charge in [-0.15, -0.1) is 0 Å². The van der Waals surface area contributed by atoms with E-state index < -0.39 is 11.9 Å². The second kappa shape index (κ2) is 10.1. The Morgan fingerprint density at radius 2 is 1.20 bits per heavy atom. The van der Waals surface area contributed by atoms with Gasteiger partial charge in [-0.05, 0) is 55.5 Å². The first kappa shape index (κ1) is 20.9. The summed E-state index contributed by atoms with van der Waals surface area (Å²) in [7, 11) is 0. The number of esters is 2. The molecule has 0 aliphatic carbocycles. The Kier molecular flexibility index (Phi) is 7.00. The number of nitrogens with zero attached hydrogens (tertiary/aromatic N) is 1. The molecule has 0 atom stereocenters. The van der Waals surface area contributed by atoms with Crippen molar-refractivity contribution < 1.29 is 19.1 Å². The third kappa shape index (κ3) is 5.35. The topological polar surface area (TPSA) is 55.8 Å². The Morgan fingerprint density at radius 3 is 1.70 bits per heavy atom.